The Hall–Kier alpha value is -2.06. The predicted molar refractivity (Wildman–Crippen MR) is 251 cm³/mol. The quantitative estimate of drug-likeness (QED) is 0.0274. The fourth-order valence-electron chi connectivity index (χ4n) is 6.29. The Balaban J connectivity index is 4.30. The summed E-state index contributed by atoms with van der Waals surface area (Å²) in [4.78, 5) is 25.3. The first-order valence-electron chi connectivity index (χ1n) is 23.8. The van der Waals surface area contributed by atoms with Crippen molar-refractivity contribution in [1.29, 1.82) is 0 Å². The van der Waals surface area contributed by atoms with Crippen LogP contribution in [-0.2, 0) is 18.4 Å². The van der Waals surface area contributed by atoms with Gasteiger partial charge >= 0.3 is 0 Å². The molecule has 0 bridgehead atoms. The van der Waals surface area contributed by atoms with E-state index < -0.39 is 26.6 Å². The zero-order valence-corrected chi connectivity index (χ0v) is 39.6. The van der Waals surface area contributed by atoms with E-state index in [0.717, 1.165) is 64.2 Å². The van der Waals surface area contributed by atoms with Crippen molar-refractivity contribution in [2.75, 3.05) is 40.9 Å². The Kier molecular flexibility index (Phi) is 39.9. The van der Waals surface area contributed by atoms with Gasteiger partial charge in [-0.25, -0.2) is 0 Å². The number of aliphatic hydroxyl groups is 1. The lowest BCUT2D eigenvalue weighted by Gasteiger charge is -2.29. The number of phosphoric ester groups is 1. The van der Waals surface area contributed by atoms with Crippen LogP contribution in [0.4, 0.5) is 0 Å². The van der Waals surface area contributed by atoms with Crippen LogP contribution in [0.3, 0.4) is 0 Å². The first-order valence-corrected chi connectivity index (χ1v) is 25.3. The average molecular weight is 847 g/mol. The first kappa shape index (κ1) is 56.9. The number of nitrogens with zero attached hydrogens (tertiary/aromatic N) is 1. The average Bonchev–Trinajstić information content (AvgIpc) is 3.19. The second-order valence-electron chi connectivity index (χ2n) is 17.1. The summed E-state index contributed by atoms with van der Waals surface area (Å²) in [6.07, 6.45) is 55.3. The molecule has 8 nitrogen and oxygen atoms in total. The molecule has 1 amide bonds. The van der Waals surface area contributed by atoms with Gasteiger partial charge in [-0.2, -0.15) is 0 Å². The molecule has 0 aromatic rings. The summed E-state index contributed by atoms with van der Waals surface area (Å²) in [7, 11) is 1.22. The number of nitrogens with one attached hydrogen (secondary N) is 1. The van der Waals surface area contributed by atoms with Crippen LogP contribution in [0.1, 0.15) is 187 Å². The van der Waals surface area contributed by atoms with Crippen molar-refractivity contribution < 1.29 is 32.9 Å². The molecule has 0 heterocycles. The molecular formula is C50H91N2O6P. The molecule has 0 saturated heterocycles. The predicted octanol–water partition coefficient (Wildman–Crippen LogP) is 12.9. The van der Waals surface area contributed by atoms with Gasteiger partial charge in [-0.05, 0) is 77.0 Å². The van der Waals surface area contributed by atoms with Crippen molar-refractivity contribution in [3.63, 3.8) is 0 Å². The highest BCUT2D eigenvalue weighted by atomic mass is 31.2. The van der Waals surface area contributed by atoms with E-state index in [0.29, 0.717) is 17.4 Å². The van der Waals surface area contributed by atoms with E-state index >= 15 is 0 Å². The molecule has 0 aliphatic carbocycles. The third kappa shape index (κ3) is 43.8. The van der Waals surface area contributed by atoms with Gasteiger partial charge in [0, 0.05) is 6.42 Å². The lowest BCUT2D eigenvalue weighted by Crippen LogP contribution is -2.45. The molecule has 0 radical (unpaired) electrons. The highest BCUT2D eigenvalue weighted by Crippen LogP contribution is 2.38. The van der Waals surface area contributed by atoms with Crippen LogP contribution in [0.2, 0.25) is 0 Å². The van der Waals surface area contributed by atoms with Gasteiger partial charge in [-0.15, -0.1) is 0 Å². The molecule has 0 rings (SSSR count). The van der Waals surface area contributed by atoms with Crippen LogP contribution in [-0.4, -0.2) is 68.5 Å². The fraction of sp³-hybridized carbons (Fsp3) is 0.740. The van der Waals surface area contributed by atoms with Gasteiger partial charge in [0.15, 0.2) is 0 Å². The van der Waals surface area contributed by atoms with Gasteiger partial charge in [-0.1, -0.05) is 177 Å². The van der Waals surface area contributed by atoms with Gasteiger partial charge in [0.25, 0.3) is 7.82 Å². The summed E-state index contributed by atoms with van der Waals surface area (Å²) in [5, 5.41) is 13.7. The maximum atomic E-state index is 12.9. The minimum absolute atomic E-state index is 0.0131. The SMILES string of the molecule is CCCC/C=C/CC/C=C/CC/C=C/C(O)C(COP(=O)([O-])OCC[N+](C)(C)C)NC(=O)CCCCCCCCCCCC/C=C\C/C=C\C/C=C\CCCCCCC. The summed E-state index contributed by atoms with van der Waals surface area (Å²) in [6, 6.07) is -0.914. The minimum Gasteiger partial charge on any atom is -0.756 e. The van der Waals surface area contributed by atoms with Gasteiger partial charge in [0.1, 0.15) is 13.2 Å². The summed E-state index contributed by atoms with van der Waals surface area (Å²) < 4.78 is 23.2. The summed E-state index contributed by atoms with van der Waals surface area (Å²) in [5.41, 5.74) is 0. The summed E-state index contributed by atoms with van der Waals surface area (Å²) >= 11 is 0. The van der Waals surface area contributed by atoms with Crippen LogP contribution in [0, 0.1) is 0 Å². The Bertz CT molecular complexity index is 1190. The van der Waals surface area contributed by atoms with Crippen molar-refractivity contribution in [3.8, 4) is 0 Å². The van der Waals surface area contributed by atoms with Crippen molar-refractivity contribution in [2.24, 2.45) is 0 Å². The second-order valence-corrected chi connectivity index (χ2v) is 18.5. The Labute approximate surface area is 364 Å². The number of phosphoric acid groups is 1. The lowest BCUT2D eigenvalue weighted by molar-refractivity contribution is -0.870. The highest BCUT2D eigenvalue weighted by Gasteiger charge is 2.23. The van der Waals surface area contributed by atoms with Gasteiger partial charge < -0.3 is 28.8 Å². The molecule has 59 heavy (non-hydrogen) atoms. The standard InChI is InChI=1S/C50H91N2O6P/c1-6-8-10-12-14-16-18-20-21-22-23-24-25-26-27-28-29-30-31-32-34-36-38-40-42-44-50(54)51-48(47-58-59(55,56)57-46-45-52(3,4)5)49(53)43-41-39-37-35-33-19-17-15-13-11-9-7-2/h13,15,18,20,22-23,25-26,33,35,41,43,48-49,53H,6-12,14,16-17,19,21,24,27-32,34,36-40,42,44-47H2,1-5H3,(H-,51,54,55,56)/b15-13+,20-18-,23-22-,26-25-,35-33+,43-41+. The molecule has 0 aliphatic rings. The van der Waals surface area contributed by atoms with Crippen LogP contribution in [0.5, 0.6) is 0 Å². The third-order valence-electron chi connectivity index (χ3n) is 10.1. The Morgan fingerprint density at radius 3 is 1.54 bits per heavy atom. The number of amides is 1. The zero-order chi connectivity index (χ0) is 43.6. The second kappa shape index (κ2) is 41.3. The van der Waals surface area contributed by atoms with Gasteiger partial charge in [-0.3, -0.25) is 9.36 Å². The number of quaternary nitrogens is 1. The first-order chi connectivity index (χ1) is 28.5. The number of likely N-dealkylation sites (N-methyl/N-ethyl adjacent to an activating group) is 1. The van der Waals surface area contributed by atoms with Crippen molar-refractivity contribution >= 4 is 13.7 Å². The lowest BCUT2D eigenvalue weighted by atomic mass is 10.0. The number of hydrogen-bond donors (Lipinski definition) is 2. The van der Waals surface area contributed by atoms with Gasteiger partial charge in [0.2, 0.25) is 5.91 Å². The molecule has 3 atom stereocenters. The molecule has 0 aliphatic heterocycles. The molecule has 3 unspecified atom stereocenters. The number of carbonyl (C=O) groups excluding carboxylic acids is 1. The Morgan fingerprint density at radius 1 is 0.593 bits per heavy atom. The number of allylic oxidation sites excluding steroid dienone is 11. The Morgan fingerprint density at radius 2 is 1.02 bits per heavy atom. The number of rotatable bonds is 42. The van der Waals surface area contributed by atoms with Crippen LogP contribution < -0.4 is 10.2 Å². The zero-order valence-electron chi connectivity index (χ0n) is 38.7. The monoisotopic (exact) mass is 847 g/mol. The molecule has 0 saturated carbocycles. The van der Waals surface area contributed by atoms with Crippen LogP contribution in [0.25, 0.3) is 0 Å². The van der Waals surface area contributed by atoms with Crippen LogP contribution >= 0.6 is 7.82 Å². The number of carbonyl (C=O) groups is 1. The molecule has 0 spiro atoms. The maximum Gasteiger partial charge on any atom is 0.268 e. The smallest absolute Gasteiger partial charge is 0.268 e. The molecular weight excluding hydrogens is 756 g/mol. The molecule has 2 N–H and O–H groups in total. The van der Waals surface area contributed by atoms with Crippen molar-refractivity contribution in [1.82, 2.24) is 5.32 Å². The highest BCUT2D eigenvalue weighted by molar-refractivity contribution is 7.45. The molecule has 342 valence electrons. The minimum atomic E-state index is -4.60. The fourth-order valence-corrected chi connectivity index (χ4v) is 7.02. The number of hydrogen-bond acceptors (Lipinski definition) is 6. The van der Waals surface area contributed by atoms with E-state index in [2.05, 4.69) is 79.9 Å². The van der Waals surface area contributed by atoms with E-state index in [1.807, 2.05) is 27.2 Å². The molecule has 9 heteroatoms. The van der Waals surface area contributed by atoms with Crippen molar-refractivity contribution in [2.45, 2.75) is 199 Å². The third-order valence-corrected chi connectivity index (χ3v) is 11.1. The van der Waals surface area contributed by atoms with Crippen LogP contribution in [0.15, 0.2) is 72.9 Å². The largest absolute Gasteiger partial charge is 0.756 e. The molecule has 0 aromatic carbocycles. The molecule has 0 fully saturated rings. The van der Waals surface area contributed by atoms with Gasteiger partial charge in [0.05, 0.1) is 39.9 Å². The number of unbranched alkanes of at least 4 members (excludes halogenated alkanes) is 19. The van der Waals surface area contributed by atoms with E-state index in [4.69, 9.17) is 9.05 Å². The molecule has 0 aromatic heterocycles. The number of aliphatic hydroxyl groups excluding tert-OH is 1. The van der Waals surface area contributed by atoms with E-state index in [-0.39, 0.29) is 12.5 Å². The topological polar surface area (TPSA) is 108 Å². The summed E-state index contributed by atoms with van der Waals surface area (Å²) in [5.74, 6) is -0.220. The summed E-state index contributed by atoms with van der Waals surface area (Å²) in [6.45, 7) is 4.53. The van der Waals surface area contributed by atoms with E-state index in [9.17, 15) is 19.4 Å². The van der Waals surface area contributed by atoms with E-state index in [1.54, 1.807) is 6.08 Å². The van der Waals surface area contributed by atoms with Crippen molar-refractivity contribution in [3.05, 3.63) is 72.9 Å². The normalized spacial score (nSPS) is 14.9. The maximum absolute atomic E-state index is 12.9. The van der Waals surface area contributed by atoms with E-state index in [1.165, 1.54) is 103 Å².